The third-order valence-corrected chi connectivity index (χ3v) is 4.81. The van der Waals surface area contributed by atoms with Gasteiger partial charge in [0.15, 0.2) is 0 Å². The smallest absolute Gasteiger partial charge is 0.235 e. The molecule has 0 saturated carbocycles. The first-order valence-electron chi connectivity index (χ1n) is 7.14. The molecule has 0 heterocycles. The van der Waals surface area contributed by atoms with Gasteiger partial charge in [0, 0.05) is 19.2 Å². The van der Waals surface area contributed by atoms with Crippen LogP contribution in [-0.4, -0.2) is 71.1 Å². The van der Waals surface area contributed by atoms with Crippen molar-refractivity contribution in [3.8, 4) is 5.75 Å². The molecule has 7 nitrogen and oxygen atoms in total. The number of carbonyl (C=O) groups excluding carboxylic acids is 1. The molecule has 0 aliphatic carbocycles. The number of para-hydroxylation sites is 1. The maximum absolute atomic E-state index is 11.9. The van der Waals surface area contributed by atoms with E-state index in [1.165, 1.54) is 7.05 Å². The molecule has 0 spiro atoms. The van der Waals surface area contributed by atoms with Crippen LogP contribution in [0.3, 0.4) is 0 Å². The first kappa shape index (κ1) is 19.4. The Morgan fingerprint density at radius 3 is 2.39 bits per heavy atom. The summed E-state index contributed by atoms with van der Waals surface area (Å²) < 4.78 is 29.1. The first-order valence-corrected chi connectivity index (χ1v) is 8.99. The van der Waals surface area contributed by atoms with Gasteiger partial charge in [-0.3, -0.25) is 4.79 Å². The molecule has 0 radical (unpaired) electrons. The predicted molar refractivity (Wildman–Crippen MR) is 89.9 cm³/mol. The van der Waals surface area contributed by atoms with Crippen LogP contribution in [0.25, 0.3) is 0 Å². The summed E-state index contributed by atoms with van der Waals surface area (Å²) in [5.74, 6) is 0.397. The number of carbonyl (C=O) groups is 1. The van der Waals surface area contributed by atoms with E-state index in [-0.39, 0.29) is 18.5 Å². The van der Waals surface area contributed by atoms with Crippen molar-refractivity contribution in [2.24, 2.45) is 0 Å². The molecule has 1 N–H and O–H groups in total. The van der Waals surface area contributed by atoms with Crippen molar-refractivity contribution in [3.63, 3.8) is 0 Å². The fourth-order valence-corrected chi connectivity index (χ4v) is 2.45. The molecule has 23 heavy (non-hydrogen) atoms. The van der Waals surface area contributed by atoms with Gasteiger partial charge in [-0.1, -0.05) is 18.2 Å². The minimum Gasteiger partial charge on any atom is -0.496 e. The largest absolute Gasteiger partial charge is 0.496 e. The second-order valence-electron chi connectivity index (χ2n) is 5.54. The molecule has 1 amide bonds. The summed E-state index contributed by atoms with van der Waals surface area (Å²) in [5.41, 5.74) is 0.955. The predicted octanol–water partition coefficient (Wildman–Crippen LogP) is 0.306. The Morgan fingerprint density at radius 2 is 1.87 bits per heavy atom. The molecule has 0 aliphatic heterocycles. The number of ether oxygens (including phenoxy) is 1. The van der Waals surface area contributed by atoms with E-state index in [0.29, 0.717) is 6.54 Å². The van der Waals surface area contributed by atoms with Crippen molar-refractivity contribution >= 4 is 15.9 Å². The number of amides is 1. The summed E-state index contributed by atoms with van der Waals surface area (Å²) in [5, 5.41) is 2.77. The Morgan fingerprint density at radius 1 is 1.26 bits per heavy atom. The van der Waals surface area contributed by atoms with Gasteiger partial charge in [0.25, 0.3) is 0 Å². The van der Waals surface area contributed by atoms with E-state index in [4.69, 9.17) is 4.74 Å². The topological polar surface area (TPSA) is 79.0 Å². The zero-order valence-electron chi connectivity index (χ0n) is 14.2. The Kier molecular flexibility index (Phi) is 6.99. The molecule has 1 aromatic carbocycles. The van der Waals surface area contributed by atoms with Crippen molar-refractivity contribution < 1.29 is 17.9 Å². The Balaban J connectivity index is 2.77. The molecule has 8 heteroatoms. The molecule has 1 rings (SSSR count). The van der Waals surface area contributed by atoms with Crippen LogP contribution < -0.4 is 10.1 Å². The Hall–Kier alpha value is -1.64. The maximum Gasteiger partial charge on any atom is 0.235 e. The van der Waals surface area contributed by atoms with Crippen LogP contribution in [0.2, 0.25) is 0 Å². The number of nitrogens with zero attached hydrogens (tertiary/aromatic N) is 2. The molecule has 0 aromatic heterocycles. The van der Waals surface area contributed by atoms with E-state index in [0.717, 1.165) is 21.9 Å². The lowest BCUT2D eigenvalue weighted by molar-refractivity contribution is -0.121. The van der Waals surface area contributed by atoms with Crippen LogP contribution in [0.15, 0.2) is 24.3 Å². The monoisotopic (exact) mass is 343 g/mol. The first-order chi connectivity index (χ1) is 10.7. The molecule has 130 valence electrons. The molecule has 0 saturated heterocycles. The third kappa shape index (κ3) is 5.81. The van der Waals surface area contributed by atoms with Crippen molar-refractivity contribution in [3.05, 3.63) is 29.8 Å². The molecular formula is C15H25N3O4S. The van der Waals surface area contributed by atoms with Gasteiger partial charge in [-0.2, -0.15) is 4.31 Å². The second-order valence-corrected chi connectivity index (χ2v) is 7.63. The summed E-state index contributed by atoms with van der Waals surface area (Å²) in [6.07, 6.45) is 1.07. The highest BCUT2D eigenvalue weighted by atomic mass is 32.2. The summed E-state index contributed by atoms with van der Waals surface area (Å²) in [6, 6.07) is 7.52. The molecule has 1 atom stereocenters. The Bertz CT molecular complexity index is 631. The minimum atomic E-state index is -3.37. The average Bonchev–Trinajstić information content (AvgIpc) is 2.46. The van der Waals surface area contributed by atoms with Crippen LogP contribution in [0.4, 0.5) is 0 Å². The minimum absolute atomic E-state index is 0.0846. The summed E-state index contributed by atoms with van der Waals surface area (Å²) in [7, 11) is 3.42. The zero-order chi connectivity index (χ0) is 17.6. The van der Waals surface area contributed by atoms with Crippen molar-refractivity contribution in [1.82, 2.24) is 14.5 Å². The number of nitrogens with one attached hydrogen (secondary N) is 1. The maximum atomic E-state index is 11.9. The standard InChI is InChI=1S/C15H25N3O4S/c1-17(2)13(12-8-6-7-9-14(12)22-4)10-16-15(19)11-18(3)23(5,20)21/h6-9,13H,10-11H2,1-5H3,(H,16,19)/t13-/m1/s1. The van der Waals surface area contributed by atoms with Gasteiger partial charge in [0.2, 0.25) is 15.9 Å². The van der Waals surface area contributed by atoms with Crippen LogP contribution in [0, 0.1) is 0 Å². The molecule has 0 bridgehead atoms. The summed E-state index contributed by atoms with van der Waals surface area (Å²) in [6.45, 7) is 0.148. The average molecular weight is 343 g/mol. The molecule has 0 fully saturated rings. The highest BCUT2D eigenvalue weighted by molar-refractivity contribution is 7.88. The summed E-state index contributed by atoms with van der Waals surface area (Å²) >= 11 is 0. The van der Waals surface area contributed by atoms with Crippen LogP contribution in [0.5, 0.6) is 5.75 Å². The number of rotatable bonds is 8. The third-order valence-electron chi connectivity index (χ3n) is 3.55. The normalized spacial score (nSPS) is 13.2. The lowest BCUT2D eigenvalue weighted by atomic mass is 10.0. The van der Waals surface area contributed by atoms with Gasteiger partial charge in [-0.15, -0.1) is 0 Å². The molecule has 0 aliphatic rings. The number of benzene rings is 1. The second kappa shape index (κ2) is 8.28. The van der Waals surface area contributed by atoms with E-state index in [1.54, 1.807) is 7.11 Å². The fraction of sp³-hybridized carbons (Fsp3) is 0.533. The van der Waals surface area contributed by atoms with E-state index < -0.39 is 10.0 Å². The molecular weight excluding hydrogens is 318 g/mol. The highest BCUT2D eigenvalue weighted by Crippen LogP contribution is 2.27. The lowest BCUT2D eigenvalue weighted by Gasteiger charge is -2.26. The van der Waals surface area contributed by atoms with Crippen LogP contribution in [-0.2, 0) is 14.8 Å². The van der Waals surface area contributed by atoms with Gasteiger partial charge < -0.3 is 15.0 Å². The van der Waals surface area contributed by atoms with Gasteiger partial charge in [-0.05, 0) is 20.2 Å². The van der Waals surface area contributed by atoms with E-state index in [1.807, 2.05) is 43.3 Å². The SMILES string of the molecule is COc1ccccc1[C@@H](CNC(=O)CN(C)S(C)(=O)=O)N(C)C. The van der Waals surface area contributed by atoms with Gasteiger partial charge in [0.05, 0.1) is 26.0 Å². The van der Waals surface area contributed by atoms with E-state index in [9.17, 15) is 13.2 Å². The van der Waals surface area contributed by atoms with E-state index >= 15 is 0 Å². The fourth-order valence-electron chi connectivity index (χ4n) is 2.10. The Labute approximate surface area is 138 Å². The van der Waals surface area contributed by atoms with Crippen molar-refractivity contribution in [2.45, 2.75) is 6.04 Å². The highest BCUT2D eigenvalue weighted by Gasteiger charge is 2.20. The lowest BCUT2D eigenvalue weighted by Crippen LogP contribution is -2.41. The number of hydrogen-bond donors (Lipinski definition) is 1. The number of sulfonamides is 1. The van der Waals surface area contributed by atoms with Crippen molar-refractivity contribution in [1.29, 1.82) is 0 Å². The van der Waals surface area contributed by atoms with Crippen LogP contribution in [0.1, 0.15) is 11.6 Å². The van der Waals surface area contributed by atoms with Gasteiger partial charge in [-0.25, -0.2) is 8.42 Å². The van der Waals surface area contributed by atoms with Crippen LogP contribution >= 0.6 is 0 Å². The summed E-state index contributed by atoms with van der Waals surface area (Å²) in [4.78, 5) is 13.9. The van der Waals surface area contributed by atoms with Gasteiger partial charge in [0.1, 0.15) is 5.75 Å². The number of hydrogen-bond acceptors (Lipinski definition) is 5. The van der Waals surface area contributed by atoms with Gasteiger partial charge >= 0.3 is 0 Å². The quantitative estimate of drug-likeness (QED) is 0.735. The van der Waals surface area contributed by atoms with E-state index in [2.05, 4.69) is 5.32 Å². The van der Waals surface area contributed by atoms with Crippen molar-refractivity contribution in [2.75, 3.05) is 47.6 Å². The number of likely N-dealkylation sites (N-methyl/N-ethyl adjacent to an activating group) is 2. The molecule has 0 unspecified atom stereocenters. The molecule has 1 aromatic rings. The zero-order valence-corrected chi connectivity index (χ0v) is 15.1. The number of methoxy groups -OCH3 is 1.